The molecule has 0 aliphatic heterocycles. The summed E-state index contributed by atoms with van der Waals surface area (Å²) in [6.45, 7) is 4.31. The van der Waals surface area contributed by atoms with E-state index in [1.807, 2.05) is 19.9 Å². The van der Waals surface area contributed by atoms with Crippen molar-refractivity contribution >= 4 is 23.6 Å². The van der Waals surface area contributed by atoms with Crippen molar-refractivity contribution in [3.63, 3.8) is 0 Å². The molecule has 3 aromatic rings. The quantitative estimate of drug-likeness (QED) is 0.155. The number of nitrogens with zero attached hydrogens (tertiary/aromatic N) is 1. The average molecular weight is 520 g/mol. The summed E-state index contributed by atoms with van der Waals surface area (Å²) in [6.07, 6.45) is 1.81. The summed E-state index contributed by atoms with van der Waals surface area (Å²) in [5.41, 5.74) is 1.34. The van der Waals surface area contributed by atoms with Gasteiger partial charge in [-0.2, -0.15) is 13.2 Å². The highest BCUT2D eigenvalue weighted by molar-refractivity contribution is 6.32. The van der Waals surface area contributed by atoms with Gasteiger partial charge in [0.2, 0.25) is 5.88 Å². The maximum Gasteiger partial charge on any atom is 0.416 e. The van der Waals surface area contributed by atoms with Crippen LogP contribution in [0.4, 0.5) is 13.2 Å². The number of halogens is 4. The maximum atomic E-state index is 12.7. The van der Waals surface area contributed by atoms with Crippen LogP contribution >= 0.6 is 11.6 Å². The number of rotatable bonds is 10. The van der Waals surface area contributed by atoms with Crippen molar-refractivity contribution in [3.8, 4) is 17.4 Å². The molecular formula is C27H25ClF3NO4. The van der Waals surface area contributed by atoms with Crippen molar-refractivity contribution in [2.45, 2.75) is 39.5 Å². The molecule has 3 rings (SSSR count). The van der Waals surface area contributed by atoms with E-state index in [1.165, 1.54) is 24.4 Å². The third kappa shape index (κ3) is 8.02. The van der Waals surface area contributed by atoms with Crippen LogP contribution in [0.2, 0.25) is 5.02 Å². The first-order chi connectivity index (χ1) is 17.2. The van der Waals surface area contributed by atoms with Gasteiger partial charge in [0, 0.05) is 12.1 Å². The van der Waals surface area contributed by atoms with Crippen molar-refractivity contribution in [2.75, 3.05) is 6.61 Å². The van der Waals surface area contributed by atoms with Crippen molar-refractivity contribution < 1.29 is 32.2 Å². The molecule has 0 fully saturated rings. The highest BCUT2D eigenvalue weighted by atomic mass is 35.5. The minimum Gasteiger partial charge on any atom is -0.487 e. The van der Waals surface area contributed by atoms with Crippen LogP contribution < -0.4 is 9.47 Å². The van der Waals surface area contributed by atoms with E-state index >= 15 is 0 Å². The zero-order valence-corrected chi connectivity index (χ0v) is 20.5. The number of alkyl halides is 3. The molecule has 1 aromatic heterocycles. The van der Waals surface area contributed by atoms with E-state index < -0.39 is 17.7 Å². The SMILES string of the molecule is CCCCOC(=O)C=Cc1cc(C)c(Oc2ccc(OCc3ccc(C(F)(F)F)cc3)cn2)c(Cl)c1. The lowest BCUT2D eigenvalue weighted by molar-refractivity contribution is -0.138. The Kier molecular flexibility index (Phi) is 9.36. The number of ether oxygens (including phenoxy) is 3. The lowest BCUT2D eigenvalue weighted by atomic mass is 10.1. The number of aromatic nitrogens is 1. The zero-order valence-electron chi connectivity index (χ0n) is 19.8. The first kappa shape index (κ1) is 27.1. The Morgan fingerprint density at radius 2 is 1.86 bits per heavy atom. The van der Waals surface area contributed by atoms with Gasteiger partial charge in [-0.15, -0.1) is 0 Å². The van der Waals surface area contributed by atoms with Crippen LogP contribution in [0.15, 0.2) is 60.8 Å². The minimum absolute atomic E-state index is 0.0894. The van der Waals surface area contributed by atoms with Gasteiger partial charge < -0.3 is 14.2 Å². The summed E-state index contributed by atoms with van der Waals surface area (Å²) in [5, 5.41) is 0.346. The highest BCUT2D eigenvalue weighted by Gasteiger charge is 2.29. The number of pyridine rings is 1. The Bertz CT molecular complexity index is 1170. The fourth-order valence-electron chi connectivity index (χ4n) is 3.09. The number of unbranched alkanes of at least 4 members (excludes halogenated alkanes) is 1. The van der Waals surface area contributed by atoms with Gasteiger partial charge in [-0.1, -0.05) is 37.1 Å². The molecule has 0 spiro atoms. The molecule has 0 saturated heterocycles. The van der Waals surface area contributed by atoms with Gasteiger partial charge in [0.1, 0.15) is 12.4 Å². The van der Waals surface area contributed by atoms with Crippen LogP contribution in [0.3, 0.4) is 0 Å². The average Bonchev–Trinajstić information content (AvgIpc) is 2.84. The van der Waals surface area contributed by atoms with Crippen LogP contribution in [-0.4, -0.2) is 17.6 Å². The van der Waals surface area contributed by atoms with E-state index in [-0.39, 0.29) is 12.5 Å². The Morgan fingerprint density at radius 3 is 2.47 bits per heavy atom. The number of benzene rings is 2. The van der Waals surface area contributed by atoms with Crippen LogP contribution in [0, 0.1) is 6.92 Å². The van der Waals surface area contributed by atoms with Crippen LogP contribution in [0.25, 0.3) is 6.08 Å². The number of carbonyl (C=O) groups is 1. The highest BCUT2D eigenvalue weighted by Crippen LogP contribution is 2.34. The summed E-state index contributed by atoms with van der Waals surface area (Å²) in [7, 11) is 0. The summed E-state index contributed by atoms with van der Waals surface area (Å²) < 4.78 is 54.5. The first-order valence-electron chi connectivity index (χ1n) is 11.2. The zero-order chi connectivity index (χ0) is 26.1. The van der Waals surface area contributed by atoms with Crippen molar-refractivity contribution in [1.29, 1.82) is 0 Å². The lowest BCUT2D eigenvalue weighted by Crippen LogP contribution is -2.05. The summed E-state index contributed by atoms with van der Waals surface area (Å²) >= 11 is 6.39. The third-order valence-corrected chi connectivity index (χ3v) is 5.29. The van der Waals surface area contributed by atoms with E-state index in [2.05, 4.69) is 4.98 Å². The number of esters is 1. The van der Waals surface area contributed by atoms with Gasteiger partial charge in [-0.25, -0.2) is 9.78 Å². The molecule has 0 amide bonds. The molecule has 1 heterocycles. The fraction of sp³-hybridized carbons (Fsp3) is 0.259. The van der Waals surface area contributed by atoms with Gasteiger partial charge in [-0.3, -0.25) is 0 Å². The molecule has 0 atom stereocenters. The Morgan fingerprint density at radius 1 is 1.11 bits per heavy atom. The van der Waals surface area contributed by atoms with Gasteiger partial charge in [-0.05, 0) is 66.4 Å². The van der Waals surface area contributed by atoms with E-state index in [4.69, 9.17) is 25.8 Å². The van der Waals surface area contributed by atoms with E-state index in [9.17, 15) is 18.0 Å². The minimum atomic E-state index is -4.38. The molecule has 5 nitrogen and oxygen atoms in total. The molecule has 0 unspecified atom stereocenters. The number of carbonyl (C=O) groups excluding carboxylic acids is 1. The molecule has 36 heavy (non-hydrogen) atoms. The fourth-order valence-corrected chi connectivity index (χ4v) is 3.40. The van der Waals surface area contributed by atoms with E-state index in [0.717, 1.165) is 36.1 Å². The van der Waals surface area contributed by atoms with Crippen LogP contribution in [0.1, 0.15) is 42.0 Å². The molecular weight excluding hydrogens is 495 g/mol. The smallest absolute Gasteiger partial charge is 0.416 e. The second kappa shape index (κ2) is 12.4. The molecule has 0 aliphatic carbocycles. The molecule has 0 N–H and O–H groups in total. The Balaban J connectivity index is 1.58. The van der Waals surface area contributed by atoms with Crippen molar-refractivity contribution in [2.24, 2.45) is 0 Å². The molecule has 9 heteroatoms. The van der Waals surface area contributed by atoms with Gasteiger partial charge >= 0.3 is 12.1 Å². The Labute approximate surface area is 212 Å². The van der Waals surface area contributed by atoms with Crippen molar-refractivity contribution in [3.05, 3.63) is 88.1 Å². The van der Waals surface area contributed by atoms with Gasteiger partial charge in [0.25, 0.3) is 0 Å². The second-order valence-corrected chi connectivity index (χ2v) is 8.33. The standard InChI is InChI=1S/C27H25ClF3NO4/c1-3-4-13-34-25(33)12-7-20-14-18(2)26(23(28)15-20)36-24-11-10-22(16-32-24)35-17-19-5-8-21(9-6-19)27(29,30)31/h5-12,14-16H,3-4,13,17H2,1-2H3. The third-order valence-electron chi connectivity index (χ3n) is 5.01. The normalized spacial score (nSPS) is 11.5. The van der Waals surface area contributed by atoms with E-state index in [0.29, 0.717) is 28.7 Å². The summed E-state index contributed by atoms with van der Waals surface area (Å²) in [6, 6.07) is 11.5. The first-order valence-corrected chi connectivity index (χ1v) is 11.6. The second-order valence-electron chi connectivity index (χ2n) is 7.92. The van der Waals surface area contributed by atoms with Gasteiger partial charge in [0.05, 0.1) is 23.4 Å². The summed E-state index contributed by atoms with van der Waals surface area (Å²) in [4.78, 5) is 15.9. The largest absolute Gasteiger partial charge is 0.487 e. The Hall–Kier alpha value is -3.52. The van der Waals surface area contributed by atoms with Crippen LogP contribution in [-0.2, 0) is 22.3 Å². The molecule has 0 radical (unpaired) electrons. The summed E-state index contributed by atoms with van der Waals surface area (Å²) in [5.74, 6) is 0.716. The van der Waals surface area contributed by atoms with E-state index in [1.54, 1.807) is 24.3 Å². The monoisotopic (exact) mass is 519 g/mol. The lowest BCUT2D eigenvalue weighted by Gasteiger charge is -2.12. The number of aryl methyl sites for hydroxylation is 1. The molecule has 190 valence electrons. The van der Waals surface area contributed by atoms with Crippen LogP contribution in [0.5, 0.6) is 17.4 Å². The predicted octanol–water partition coefficient (Wildman–Crippen LogP) is 7.79. The molecule has 2 aromatic carbocycles. The van der Waals surface area contributed by atoms with Crippen molar-refractivity contribution in [1.82, 2.24) is 4.98 Å². The predicted molar refractivity (Wildman–Crippen MR) is 131 cm³/mol. The number of hydrogen-bond acceptors (Lipinski definition) is 5. The molecule has 0 aliphatic rings. The molecule has 0 bridgehead atoms. The maximum absolute atomic E-state index is 12.7. The number of hydrogen-bond donors (Lipinski definition) is 0. The molecule has 0 saturated carbocycles. The van der Waals surface area contributed by atoms with Gasteiger partial charge in [0.15, 0.2) is 5.75 Å². The topological polar surface area (TPSA) is 57.7 Å².